The van der Waals surface area contributed by atoms with E-state index in [0.717, 1.165) is 6.42 Å². The topological polar surface area (TPSA) is 91.7 Å². The quantitative estimate of drug-likeness (QED) is 0.293. The maximum Gasteiger partial charge on any atom is 0.266 e. The van der Waals surface area contributed by atoms with Crippen molar-refractivity contribution in [2.75, 3.05) is 40.2 Å². The Kier molecular flexibility index (Phi) is 7.91. The number of carbonyl (C=O) groups is 1. The SMILES string of the molecule is COCCCNC(=O)CSc1nc2ccccc2c(=O)n1-c1ccc(OC)c(OC)c1. The van der Waals surface area contributed by atoms with E-state index in [4.69, 9.17) is 14.2 Å². The second kappa shape index (κ2) is 10.8. The summed E-state index contributed by atoms with van der Waals surface area (Å²) >= 11 is 1.20. The summed E-state index contributed by atoms with van der Waals surface area (Å²) in [4.78, 5) is 30.2. The number of methoxy groups -OCH3 is 3. The van der Waals surface area contributed by atoms with E-state index in [9.17, 15) is 9.59 Å². The minimum atomic E-state index is -0.221. The Morgan fingerprint density at radius 2 is 1.87 bits per heavy atom. The zero-order valence-corrected chi connectivity index (χ0v) is 18.5. The molecule has 0 bridgehead atoms. The number of thioether (sulfide) groups is 1. The standard InChI is InChI=1S/C22H25N3O5S/c1-28-12-6-11-23-20(26)14-31-22-24-17-8-5-4-7-16(17)21(27)25(22)15-9-10-18(29-2)19(13-15)30-3/h4-5,7-10,13H,6,11-12,14H2,1-3H3,(H,23,26). The molecule has 3 rings (SSSR count). The van der Waals surface area contributed by atoms with Crippen molar-refractivity contribution in [2.45, 2.75) is 11.6 Å². The van der Waals surface area contributed by atoms with Gasteiger partial charge < -0.3 is 19.5 Å². The number of nitrogens with zero attached hydrogens (tertiary/aromatic N) is 2. The van der Waals surface area contributed by atoms with Gasteiger partial charge in [0.25, 0.3) is 5.56 Å². The summed E-state index contributed by atoms with van der Waals surface area (Å²) in [6.07, 6.45) is 0.734. The molecule has 0 unspecified atom stereocenters. The van der Waals surface area contributed by atoms with Gasteiger partial charge in [-0.2, -0.15) is 0 Å². The van der Waals surface area contributed by atoms with Gasteiger partial charge >= 0.3 is 0 Å². The molecular formula is C22H25N3O5S. The lowest BCUT2D eigenvalue weighted by molar-refractivity contribution is -0.118. The van der Waals surface area contributed by atoms with Crippen LogP contribution in [-0.2, 0) is 9.53 Å². The number of ether oxygens (including phenoxy) is 3. The Morgan fingerprint density at radius 1 is 1.10 bits per heavy atom. The maximum atomic E-state index is 13.3. The largest absolute Gasteiger partial charge is 0.493 e. The Balaban J connectivity index is 1.97. The third kappa shape index (κ3) is 5.36. The second-order valence-electron chi connectivity index (χ2n) is 6.58. The molecule has 0 aliphatic heterocycles. The van der Waals surface area contributed by atoms with Crippen LogP contribution in [0.5, 0.6) is 11.5 Å². The molecule has 1 N–H and O–H groups in total. The minimum absolute atomic E-state index is 0.130. The molecule has 1 heterocycles. The van der Waals surface area contributed by atoms with Crippen LogP contribution in [0.3, 0.4) is 0 Å². The van der Waals surface area contributed by atoms with E-state index in [1.54, 1.807) is 50.6 Å². The van der Waals surface area contributed by atoms with Crippen molar-refractivity contribution in [2.24, 2.45) is 0 Å². The first kappa shape index (κ1) is 22.6. The normalized spacial score (nSPS) is 10.8. The monoisotopic (exact) mass is 443 g/mol. The van der Waals surface area contributed by atoms with Crippen LogP contribution < -0.4 is 20.3 Å². The number of carbonyl (C=O) groups excluding carboxylic acids is 1. The number of benzene rings is 2. The van der Waals surface area contributed by atoms with Crippen LogP contribution in [0.25, 0.3) is 16.6 Å². The smallest absolute Gasteiger partial charge is 0.266 e. The first-order chi connectivity index (χ1) is 15.1. The molecule has 0 radical (unpaired) electrons. The lowest BCUT2D eigenvalue weighted by Gasteiger charge is -2.15. The molecule has 9 heteroatoms. The number of aromatic nitrogens is 2. The van der Waals surface area contributed by atoms with Crippen molar-refractivity contribution in [3.8, 4) is 17.2 Å². The Labute approximate surface area is 184 Å². The minimum Gasteiger partial charge on any atom is -0.493 e. The molecule has 1 aromatic heterocycles. The highest BCUT2D eigenvalue weighted by Crippen LogP contribution is 2.30. The number of amides is 1. The fourth-order valence-electron chi connectivity index (χ4n) is 3.03. The molecule has 0 aliphatic carbocycles. The van der Waals surface area contributed by atoms with Crippen molar-refractivity contribution in [3.05, 3.63) is 52.8 Å². The fraction of sp³-hybridized carbons (Fsp3) is 0.318. The van der Waals surface area contributed by atoms with E-state index >= 15 is 0 Å². The van der Waals surface area contributed by atoms with Gasteiger partial charge in [0.05, 0.1) is 36.6 Å². The summed E-state index contributed by atoms with van der Waals surface area (Å²) in [6, 6.07) is 12.3. The number of hydrogen-bond acceptors (Lipinski definition) is 7. The van der Waals surface area contributed by atoms with Crippen LogP contribution >= 0.6 is 11.8 Å². The van der Waals surface area contributed by atoms with Crippen LogP contribution in [0, 0.1) is 0 Å². The average molecular weight is 444 g/mol. The van der Waals surface area contributed by atoms with Gasteiger partial charge in [-0.3, -0.25) is 14.2 Å². The summed E-state index contributed by atoms with van der Waals surface area (Å²) in [5, 5.41) is 3.75. The highest BCUT2D eigenvalue weighted by Gasteiger charge is 2.16. The number of rotatable bonds is 10. The first-order valence-corrected chi connectivity index (χ1v) is 10.7. The molecule has 1 amide bonds. The van der Waals surface area contributed by atoms with Crippen LogP contribution in [0.2, 0.25) is 0 Å². The van der Waals surface area contributed by atoms with Gasteiger partial charge in [-0.15, -0.1) is 0 Å². The summed E-state index contributed by atoms with van der Waals surface area (Å²) in [5.41, 5.74) is 0.928. The lowest BCUT2D eigenvalue weighted by atomic mass is 10.2. The van der Waals surface area contributed by atoms with Crippen molar-refractivity contribution in [3.63, 3.8) is 0 Å². The third-order valence-corrected chi connectivity index (χ3v) is 5.49. The van der Waals surface area contributed by atoms with Gasteiger partial charge in [0.15, 0.2) is 16.7 Å². The molecule has 2 aromatic carbocycles. The van der Waals surface area contributed by atoms with Crippen molar-refractivity contribution >= 4 is 28.6 Å². The molecule has 0 aliphatic rings. The molecule has 31 heavy (non-hydrogen) atoms. The predicted molar refractivity (Wildman–Crippen MR) is 121 cm³/mol. The fourth-order valence-corrected chi connectivity index (χ4v) is 3.87. The highest BCUT2D eigenvalue weighted by atomic mass is 32.2. The average Bonchev–Trinajstić information content (AvgIpc) is 2.80. The van der Waals surface area contributed by atoms with Crippen molar-refractivity contribution in [1.82, 2.24) is 14.9 Å². The zero-order chi connectivity index (χ0) is 22.2. The molecule has 8 nitrogen and oxygen atoms in total. The lowest BCUT2D eigenvalue weighted by Crippen LogP contribution is -2.28. The van der Waals surface area contributed by atoms with E-state index in [2.05, 4.69) is 10.3 Å². The Morgan fingerprint density at radius 3 is 2.61 bits per heavy atom. The van der Waals surface area contributed by atoms with E-state index in [1.807, 2.05) is 6.07 Å². The summed E-state index contributed by atoms with van der Waals surface area (Å²) in [7, 11) is 4.71. The molecule has 3 aromatic rings. The Bertz CT molecular complexity index is 1120. The van der Waals surface area contributed by atoms with Crippen molar-refractivity contribution < 1.29 is 19.0 Å². The Hall–Kier alpha value is -3.04. The van der Waals surface area contributed by atoms with Gasteiger partial charge in [0.2, 0.25) is 5.91 Å². The molecule has 164 valence electrons. The van der Waals surface area contributed by atoms with E-state index in [-0.39, 0.29) is 17.2 Å². The van der Waals surface area contributed by atoms with Gasteiger partial charge in [0, 0.05) is 26.3 Å². The number of nitrogens with one attached hydrogen (secondary N) is 1. The molecule has 0 spiro atoms. The van der Waals surface area contributed by atoms with Crippen LogP contribution in [0.15, 0.2) is 52.4 Å². The summed E-state index contributed by atoms with van der Waals surface area (Å²) in [5.74, 6) is 1.04. The highest BCUT2D eigenvalue weighted by molar-refractivity contribution is 7.99. The van der Waals surface area contributed by atoms with Crippen LogP contribution in [0.4, 0.5) is 0 Å². The molecule has 0 saturated carbocycles. The number of hydrogen-bond donors (Lipinski definition) is 1. The molecule has 0 saturated heterocycles. The molecular weight excluding hydrogens is 418 g/mol. The van der Waals surface area contributed by atoms with Crippen LogP contribution in [-0.4, -0.2) is 55.7 Å². The van der Waals surface area contributed by atoms with Gasteiger partial charge in [-0.25, -0.2) is 4.98 Å². The van der Waals surface area contributed by atoms with E-state index in [1.165, 1.54) is 23.4 Å². The van der Waals surface area contributed by atoms with Crippen LogP contribution in [0.1, 0.15) is 6.42 Å². The van der Waals surface area contributed by atoms with Gasteiger partial charge in [0.1, 0.15) is 0 Å². The zero-order valence-electron chi connectivity index (χ0n) is 17.7. The summed E-state index contributed by atoms with van der Waals surface area (Å²) < 4.78 is 17.2. The van der Waals surface area contributed by atoms with Gasteiger partial charge in [-0.1, -0.05) is 23.9 Å². The maximum absolute atomic E-state index is 13.3. The molecule has 0 atom stereocenters. The number of para-hydroxylation sites is 1. The number of fused-ring (bicyclic) bond motifs is 1. The van der Waals surface area contributed by atoms with Crippen molar-refractivity contribution in [1.29, 1.82) is 0 Å². The third-order valence-electron chi connectivity index (χ3n) is 4.55. The predicted octanol–water partition coefficient (Wildman–Crippen LogP) is 2.65. The van der Waals surface area contributed by atoms with E-state index < -0.39 is 0 Å². The van der Waals surface area contributed by atoms with Gasteiger partial charge in [-0.05, 0) is 30.7 Å². The van der Waals surface area contributed by atoms with E-state index in [0.29, 0.717) is 46.4 Å². The molecule has 0 fully saturated rings. The second-order valence-corrected chi connectivity index (χ2v) is 7.52. The first-order valence-electron chi connectivity index (χ1n) is 9.71. The summed E-state index contributed by atoms with van der Waals surface area (Å²) in [6.45, 7) is 1.11.